The third kappa shape index (κ3) is 2.43. The highest BCUT2D eigenvalue weighted by molar-refractivity contribution is 5.23. The molecular weight excluding hydrogens is 116 g/mol. The molecule has 5 N–H and O–H groups in total. The highest BCUT2D eigenvalue weighted by Crippen LogP contribution is 1.94. The first kappa shape index (κ1) is 7.62. The molecule has 3 nitrogen and oxygen atoms in total. The second-order valence-corrected chi connectivity index (χ2v) is 1.40. The van der Waals surface area contributed by atoms with E-state index in [9.17, 15) is 0 Å². The second kappa shape index (κ2) is 3.60. The molecule has 0 radical (unpaired) electrons. The lowest BCUT2D eigenvalue weighted by Gasteiger charge is -1.92. The van der Waals surface area contributed by atoms with Gasteiger partial charge in [0.25, 0.3) is 0 Å². The summed E-state index contributed by atoms with van der Waals surface area (Å²) in [6, 6.07) is 0. The van der Waals surface area contributed by atoms with Crippen LogP contribution in [-0.4, -0.2) is 5.11 Å². The molecule has 0 rings (SSSR count). The van der Waals surface area contributed by atoms with E-state index in [1.54, 1.807) is 0 Å². The Bertz CT molecular complexity index is 158. The molecule has 0 saturated heterocycles. The minimum atomic E-state index is -0.0586. The maximum Gasteiger partial charge on any atom is 0.137 e. The van der Waals surface area contributed by atoms with Crippen molar-refractivity contribution in [3.63, 3.8) is 0 Å². The first-order valence-electron chi connectivity index (χ1n) is 2.41. The van der Waals surface area contributed by atoms with Crippen molar-refractivity contribution in [1.82, 2.24) is 0 Å². The Labute approximate surface area is 54.0 Å². The van der Waals surface area contributed by atoms with Crippen molar-refractivity contribution in [3.05, 3.63) is 36.4 Å². The van der Waals surface area contributed by atoms with Crippen molar-refractivity contribution < 1.29 is 5.11 Å². The Morgan fingerprint density at radius 3 is 2.44 bits per heavy atom. The third-order valence-corrected chi connectivity index (χ3v) is 0.765. The van der Waals surface area contributed by atoms with Crippen molar-refractivity contribution in [2.24, 2.45) is 11.5 Å². The summed E-state index contributed by atoms with van der Waals surface area (Å²) in [6.45, 7) is 3.30. The maximum atomic E-state index is 8.79. The Morgan fingerprint density at radius 1 is 1.56 bits per heavy atom. The zero-order chi connectivity index (χ0) is 7.28. The van der Waals surface area contributed by atoms with E-state index < -0.39 is 0 Å². The first-order valence-corrected chi connectivity index (χ1v) is 2.41. The molecular formula is C6H10N2O. The van der Waals surface area contributed by atoms with E-state index in [1.165, 1.54) is 18.4 Å². The fourth-order valence-electron chi connectivity index (χ4n) is 0.307. The minimum Gasteiger partial charge on any atom is -0.506 e. The maximum absolute atomic E-state index is 8.79. The monoisotopic (exact) mass is 126 g/mol. The van der Waals surface area contributed by atoms with Gasteiger partial charge >= 0.3 is 0 Å². The number of nitrogens with two attached hydrogens (primary N) is 2. The largest absolute Gasteiger partial charge is 0.506 e. The summed E-state index contributed by atoms with van der Waals surface area (Å²) in [5.41, 5.74) is 10.4. The van der Waals surface area contributed by atoms with E-state index in [0.717, 1.165) is 0 Å². The fourth-order valence-corrected chi connectivity index (χ4v) is 0.307. The number of aliphatic hydroxyl groups excluding tert-OH is 1. The van der Waals surface area contributed by atoms with Crippen LogP contribution in [0.1, 0.15) is 0 Å². The number of allylic oxidation sites excluding steroid dienone is 2. The molecule has 3 heteroatoms. The van der Waals surface area contributed by atoms with Crippen LogP contribution < -0.4 is 11.5 Å². The van der Waals surface area contributed by atoms with E-state index in [4.69, 9.17) is 16.6 Å². The van der Waals surface area contributed by atoms with E-state index in [2.05, 4.69) is 6.58 Å². The predicted molar refractivity (Wildman–Crippen MR) is 37.4 cm³/mol. The molecule has 50 valence electrons. The summed E-state index contributed by atoms with van der Waals surface area (Å²) in [6.07, 6.45) is 3.88. The van der Waals surface area contributed by atoms with Crippen LogP contribution in [0.15, 0.2) is 36.4 Å². The van der Waals surface area contributed by atoms with Gasteiger partial charge in [0.2, 0.25) is 0 Å². The number of hydrogen-bond donors (Lipinski definition) is 3. The van der Waals surface area contributed by atoms with Crippen molar-refractivity contribution >= 4 is 0 Å². The van der Waals surface area contributed by atoms with E-state index >= 15 is 0 Å². The quantitative estimate of drug-likeness (QED) is 0.370. The highest BCUT2D eigenvalue weighted by Gasteiger charge is 1.88. The molecule has 0 atom stereocenters. The number of aliphatic hydroxyl groups is 1. The van der Waals surface area contributed by atoms with Gasteiger partial charge in [-0.05, 0) is 18.4 Å². The molecule has 0 fully saturated rings. The van der Waals surface area contributed by atoms with Crippen LogP contribution in [0.25, 0.3) is 0 Å². The lowest BCUT2D eigenvalue weighted by atomic mass is 10.3. The van der Waals surface area contributed by atoms with Crippen LogP contribution in [0.3, 0.4) is 0 Å². The molecule has 0 aliphatic rings. The molecule has 9 heavy (non-hydrogen) atoms. The van der Waals surface area contributed by atoms with E-state index in [0.29, 0.717) is 0 Å². The van der Waals surface area contributed by atoms with Gasteiger partial charge in [0.15, 0.2) is 0 Å². The molecule has 0 aromatic rings. The van der Waals surface area contributed by atoms with Gasteiger partial charge in [0.1, 0.15) is 5.76 Å². The average Bonchev–Trinajstić information content (AvgIpc) is 1.87. The lowest BCUT2D eigenvalue weighted by Crippen LogP contribution is -1.98. The summed E-state index contributed by atoms with van der Waals surface area (Å²) in [5, 5.41) is 8.79. The van der Waals surface area contributed by atoms with Crippen molar-refractivity contribution in [2.45, 2.75) is 0 Å². The highest BCUT2D eigenvalue weighted by atomic mass is 16.3. The summed E-state index contributed by atoms with van der Waals surface area (Å²) in [5.74, 6) is -0.0586. The van der Waals surface area contributed by atoms with Gasteiger partial charge in [-0.1, -0.05) is 6.58 Å². The third-order valence-electron chi connectivity index (χ3n) is 0.765. The van der Waals surface area contributed by atoms with Crippen LogP contribution in [0.2, 0.25) is 0 Å². The second-order valence-electron chi connectivity index (χ2n) is 1.40. The normalized spacial score (nSPS) is 13.3. The van der Waals surface area contributed by atoms with Gasteiger partial charge in [-0.15, -0.1) is 0 Å². The van der Waals surface area contributed by atoms with Gasteiger partial charge in [0, 0.05) is 0 Å². The van der Waals surface area contributed by atoms with Gasteiger partial charge in [-0.3, -0.25) is 0 Å². The van der Waals surface area contributed by atoms with Crippen LogP contribution in [0.4, 0.5) is 0 Å². The summed E-state index contributed by atoms with van der Waals surface area (Å²) < 4.78 is 0. The van der Waals surface area contributed by atoms with Crippen molar-refractivity contribution in [1.29, 1.82) is 0 Å². The SMILES string of the molecule is C=C/C(O)=C(N)\C=C/N. The van der Waals surface area contributed by atoms with Gasteiger partial charge in [-0.25, -0.2) is 0 Å². The van der Waals surface area contributed by atoms with Gasteiger partial charge in [0.05, 0.1) is 5.70 Å². The van der Waals surface area contributed by atoms with Crippen LogP contribution in [-0.2, 0) is 0 Å². The van der Waals surface area contributed by atoms with Crippen LogP contribution >= 0.6 is 0 Å². The summed E-state index contributed by atoms with van der Waals surface area (Å²) >= 11 is 0. The van der Waals surface area contributed by atoms with Crippen molar-refractivity contribution in [2.75, 3.05) is 0 Å². The van der Waals surface area contributed by atoms with E-state index in [1.807, 2.05) is 0 Å². The number of rotatable bonds is 2. The van der Waals surface area contributed by atoms with Crippen molar-refractivity contribution in [3.8, 4) is 0 Å². The standard InChI is InChI=1S/C6H10N2O/c1-2-6(9)5(8)3-4-7/h2-4,9H,1,7-8H2/b4-3-,6-5-. The lowest BCUT2D eigenvalue weighted by molar-refractivity contribution is 0.427. The van der Waals surface area contributed by atoms with Crippen LogP contribution in [0, 0.1) is 0 Å². The fraction of sp³-hybridized carbons (Fsp3) is 0. The zero-order valence-electron chi connectivity index (χ0n) is 5.04. The molecule has 0 heterocycles. The van der Waals surface area contributed by atoms with Gasteiger partial charge < -0.3 is 16.6 Å². The zero-order valence-corrected chi connectivity index (χ0v) is 5.04. The van der Waals surface area contributed by atoms with E-state index in [-0.39, 0.29) is 11.5 Å². The predicted octanol–water partition coefficient (Wildman–Crippen LogP) is 0.373. The Kier molecular flexibility index (Phi) is 3.05. The topological polar surface area (TPSA) is 72.3 Å². The van der Waals surface area contributed by atoms with Crippen LogP contribution in [0.5, 0.6) is 0 Å². The Hall–Kier alpha value is -1.38. The Morgan fingerprint density at radius 2 is 2.11 bits per heavy atom. The smallest absolute Gasteiger partial charge is 0.137 e. The molecule has 0 amide bonds. The summed E-state index contributed by atoms with van der Waals surface area (Å²) in [7, 11) is 0. The molecule has 0 spiro atoms. The Balaban J connectivity index is 4.27. The summed E-state index contributed by atoms with van der Waals surface area (Å²) in [4.78, 5) is 0. The molecule has 0 unspecified atom stereocenters. The first-order chi connectivity index (χ1) is 4.22. The molecule has 0 saturated carbocycles. The molecule has 0 aromatic heterocycles. The average molecular weight is 126 g/mol. The molecule has 0 aliphatic heterocycles. The molecule has 0 aromatic carbocycles. The molecule has 0 bridgehead atoms. The van der Waals surface area contributed by atoms with Gasteiger partial charge in [-0.2, -0.15) is 0 Å². The number of hydrogen-bond acceptors (Lipinski definition) is 3. The minimum absolute atomic E-state index is 0.0586. The molecule has 0 aliphatic carbocycles.